The van der Waals surface area contributed by atoms with Gasteiger partial charge in [-0.3, -0.25) is 0 Å². The zero-order chi connectivity index (χ0) is 13.5. The van der Waals surface area contributed by atoms with E-state index in [4.69, 9.17) is 15.6 Å². The predicted octanol–water partition coefficient (Wildman–Crippen LogP) is 0.885. The highest BCUT2D eigenvalue weighted by atomic mass is 19.3. The van der Waals surface area contributed by atoms with E-state index in [1.165, 1.54) is 6.33 Å². The van der Waals surface area contributed by atoms with E-state index < -0.39 is 12.5 Å². The molecule has 0 saturated carbocycles. The van der Waals surface area contributed by atoms with Gasteiger partial charge in [-0.1, -0.05) is 6.92 Å². The van der Waals surface area contributed by atoms with E-state index in [0.29, 0.717) is 6.61 Å². The van der Waals surface area contributed by atoms with E-state index in [0.717, 1.165) is 6.42 Å². The Bertz CT molecular complexity index is 379. The third-order valence-corrected chi connectivity index (χ3v) is 2.06. The van der Waals surface area contributed by atoms with Crippen LogP contribution in [-0.4, -0.2) is 40.8 Å². The third-order valence-electron chi connectivity index (χ3n) is 2.06. The van der Waals surface area contributed by atoms with Gasteiger partial charge in [0.2, 0.25) is 5.88 Å². The summed E-state index contributed by atoms with van der Waals surface area (Å²) in [6.07, 6.45) is -2.61. The second-order valence-electron chi connectivity index (χ2n) is 3.57. The number of nitrogen functional groups attached to an aromatic ring is 1. The SMILES string of the molecule is CCCOc1ncnc(NCC(O)C(F)F)c1N. The fourth-order valence-corrected chi connectivity index (χ4v) is 1.12. The Kier molecular flexibility index (Phi) is 5.50. The fraction of sp³-hybridized carbons (Fsp3) is 0.600. The molecule has 0 fully saturated rings. The van der Waals surface area contributed by atoms with Crippen LogP contribution in [0.3, 0.4) is 0 Å². The van der Waals surface area contributed by atoms with E-state index in [-0.39, 0.29) is 23.9 Å². The molecule has 0 saturated heterocycles. The Morgan fingerprint density at radius 3 is 2.83 bits per heavy atom. The first kappa shape index (κ1) is 14.4. The zero-order valence-electron chi connectivity index (χ0n) is 9.94. The number of anilines is 2. The number of hydrogen-bond acceptors (Lipinski definition) is 6. The normalized spacial score (nSPS) is 12.5. The Labute approximate surface area is 103 Å². The smallest absolute Gasteiger partial charge is 0.265 e. The molecule has 0 aliphatic heterocycles. The van der Waals surface area contributed by atoms with Crippen molar-refractivity contribution in [2.45, 2.75) is 25.9 Å². The largest absolute Gasteiger partial charge is 0.476 e. The lowest BCUT2D eigenvalue weighted by Crippen LogP contribution is -2.27. The number of nitrogens with zero attached hydrogens (tertiary/aromatic N) is 2. The molecular formula is C10H16F2N4O2. The number of halogens is 2. The predicted molar refractivity (Wildman–Crippen MR) is 62.7 cm³/mol. The average molecular weight is 262 g/mol. The van der Waals surface area contributed by atoms with Crippen LogP contribution in [0.15, 0.2) is 6.33 Å². The van der Waals surface area contributed by atoms with Gasteiger partial charge in [-0.15, -0.1) is 0 Å². The molecule has 1 aromatic rings. The van der Waals surface area contributed by atoms with Crippen molar-refractivity contribution in [3.8, 4) is 5.88 Å². The van der Waals surface area contributed by atoms with E-state index in [1.54, 1.807) is 0 Å². The number of aliphatic hydroxyl groups is 1. The number of rotatable bonds is 7. The Morgan fingerprint density at radius 1 is 1.50 bits per heavy atom. The summed E-state index contributed by atoms with van der Waals surface area (Å²) in [6.45, 7) is 2.02. The minimum Gasteiger partial charge on any atom is -0.476 e. The molecule has 0 aliphatic carbocycles. The molecule has 0 aromatic carbocycles. The van der Waals surface area contributed by atoms with Gasteiger partial charge in [0.25, 0.3) is 6.43 Å². The molecule has 1 aromatic heterocycles. The summed E-state index contributed by atoms with van der Waals surface area (Å²) < 4.78 is 29.5. The minimum absolute atomic E-state index is 0.132. The summed E-state index contributed by atoms with van der Waals surface area (Å²) in [6, 6.07) is 0. The van der Waals surface area contributed by atoms with Gasteiger partial charge in [0.1, 0.15) is 18.1 Å². The highest BCUT2D eigenvalue weighted by Gasteiger charge is 2.17. The number of aliphatic hydroxyl groups excluding tert-OH is 1. The van der Waals surface area contributed by atoms with E-state index in [9.17, 15) is 8.78 Å². The van der Waals surface area contributed by atoms with Gasteiger partial charge >= 0.3 is 0 Å². The van der Waals surface area contributed by atoms with Crippen LogP contribution in [0, 0.1) is 0 Å². The van der Waals surface area contributed by atoms with E-state index in [2.05, 4.69) is 15.3 Å². The van der Waals surface area contributed by atoms with Crippen LogP contribution in [0.1, 0.15) is 13.3 Å². The van der Waals surface area contributed by atoms with Crippen molar-refractivity contribution in [2.24, 2.45) is 0 Å². The Hall–Kier alpha value is -1.70. The zero-order valence-corrected chi connectivity index (χ0v) is 9.94. The quantitative estimate of drug-likeness (QED) is 0.675. The minimum atomic E-state index is -2.82. The summed E-state index contributed by atoms with van der Waals surface area (Å²) in [5.74, 6) is 0.358. The Balaban J connectivity index is 2.65. The molecule has 6 nitrogen and oxygen atoms in total. The number of hydrogen-bond donors (Lipinski definition) is 3. The standard InChI is InChI=1S/C10H16F2N4O2/c1-2-3-18-10-7(13)9(15-5-16-10)14-4-6(17)8(11)12/h5-6,8,17H,2-4,13H2,1H3,(H,14,15,16). The second-order valence-corrected chi connectivity index (χ2v) is 3.57. The number of nitrogens with one attached hydrogen (secondary N) is 1. The first-order valence-corrected chi connectivity index (χ1v) is 5.49. The summed E-state index contributed by atoms with van der Waals surface area (Å²) in [5.41, 5.74) is 5.84. The topological polar surface area (TPSA) is 93.3 Å². The molecular weight excluding hydrogens is 246 g/mol. The fourth-order valence-electron chi connectivity index (χ4n) is 1.12. The van der Waals surface area contributed by atoms with Gasteiger partial charge < -0.3 is 20.9 Å². The maximum Gasteiger partial charge on any atom is 0.265 e. The molecule has 102 valence electrons. The molecule has 0 spiro atoms. The van der Waals surface area contributed by atoms with Gasteiger partial charge in [0.05, 0.1) is 6.61 Å². The number of aromatic nitrogens is 2. The van der Waals surface area contributed by atoms with Gasteiger partial charge in [-0.05, 0) is 6.42 Å². The van der Waals surface area contributed by atoms with Crippen molar-refractivity contribution >= 4 is 11.5 Å². The molecule has 0 bridgehead atoms. The summed E-state index contributed by atoms with van der Waals surface area (Å²) >= 11 is 0. The lowest BCUT2D eigenvalue weighted by molar-refractivity contribution is 0.00381. The van der Waals surface area contributed by atoms with Crippen molar-refractivity contribution < 1.29 is 18.6 Å². The molecule has 4 N–H and O–H groups in total. The number of nitrogens with two attached hydrogens (primary N) is 1. The van der Waals surface area contributed by atoms with Crippen LogP contribution in [0.2, 0.25) is 0 Å². The second kappa shape index (κ2) is 6.90. The lowest BCUT2D eigenvalue weighted by Gasteiger charge is -2.13. The first-order valence-electron chi connectivity index (χ1n) is 5.49. The summed E-state index contributed by atoms with van der Waals surface area (Å²) in [4.78, 5) is 7.62. The first-order chi connectivity index (χ1) is 8.56. The molecule has 0 amide bonds. The molecule has 0 radical (unpaired) electrons. The van der Waals surface area contributed by atoms with Gasteiger partial charge in [0.15, 0.2) is 5.82 Å². The van der Waals surface area contributed by atoms with E-state index in [1.807, 2.05) is 6.92 Å². The molecule has 1 atom stereocenters. The van der Waals surface area contributed by atoms with Crippen molar-refractivity contribution in [2.75, 3.05) is 24.2 Å². The molecule has 1 heterocycles. The highest BCUT2D eigenvalue weighted by Crippen LogP contribution is 2.24. The summed E-state index contributed by atoms with van der Waals surface area (Å²) in [5, 5.41) is 11.5. The number of ether oxygens (including phenoxy) is 1. The maximum atomic E-state index is 12.1. The number of alkyl halides is 2. The van der Waals surface area contributed by atoms with Gasteiger partial charge in [0, 0.05) is 6.54 Å². The summed E-state index contributed by atoms with van der Waals surface area (Å²) in [7, 11) is 0. The third kappa shape index (κ3) is 3.95. The van der Waals surface area contributed by atoms with Crippen molar-refractivity contribution in [1.29, 1.82) is 0 Å². The van der Waals surface area contributed by atoms with Crippen molar-refractivity contribution in [1.82, 2.24) is 9.97 Å². The van der Waals surface area contributed by atoms with Crippen LogP contribution in [0.5, 0.6) is 5.88 Å². The van der Waals surface area contributed by atoms with Gasteiger partial charge in [-0.2, -0.15) is 4.98 Å². The van der Waals surface area contributed by atoms with E-state index >= 15 is 0 Å². The van der Waals surface area contributed by atoms with Crippen molar-refractivity contribution in [3.63, 3.8) is 0 Å². The van der Waals surface area contributed by atoms with Gasteiger partial charge in [-0.25, -0.2) is 13.8 Å². The average Bonchev–Trinajstić information content (AvgIpc) is 2.35. The van der Waals surface area contributed by atoms with Crippen LogP contribution < -0.4 is 15.8 Å². The van der Waals surface area contributed by atoms with Crippen LogP contribution in [0.25, 0.3) is 0 Å². The monoisotopic (exact) mass is 262 g/mol. The molecule has 18 heavy (non-hydrogen) atoms. The molecule has 1 rings (SSSR count). The maximum absolute atomic E-state index is 12.1. The van der Waals surface area contributed by atoms with Crippen molar-refractivity contribution in [3.05, 3.63) is 6.33 Å². The molecule has 1 unspecified atom stereocenters. The van der Waals surface area contributed by atoms with Crippen LogP contribution >= 0.6 is 0 Å². The lowest BCUT2D eigenvalue weighted by atomic mass is 10.3. The van der Waals surface area contributed by atoms with Crippen LogP contribution in [0.4, 0.5) is 20.3 Å². The Morgan fingerprint density at radius 2 is 2.22 bits per heavy atom. The van der Waals surface area contributed by atoms with Crippen LogP contribution in [-0.2, 0) is 0 Å². The highest BCUT2D eigenvalue weighted by molar-refractivity contribution is 5.66. The molecule has 8 heteroatoms. The molecule has 0 aliphatic rings.